The lowest BCUT2D eigenvalue weighted by Crippen LogP contribution is -2.62. The van der Waals surface area contributed by atoms with Gasteiger partial charge in [0.15, 0.2) is 9.84 Å². The summed E-state index contributed by atoms with van der Waals surface area (Å²) in [4.78, 5) is 2.91. The van der Waals surface area contributed by atoms with Crippen LogP contribution >= 0.6 is 24.8 Å². The fourth-order valence-electron chi connectivity index (χ4n) is 4.67. The molecule has 4 rings (SSSR count). The Balaban J connectivity index is 0.00000182. The smallest absolute Gasteiger partial charge is 0.178 e. The van der Waals surface area contributed by atoms with Crippen molar-refractivity contribution in [3.05, 3.63) is 42.5 Å². The first kappa shape index (κ1) is 24.4. The quantitative estimate of drug-likeness (QED) is 0.654. The van der Waals surface area contributed by atoms with Crippen molar-refractivity contribution < 1.29 is 8.42 Å². The molecular formula is C20H32Cl2N2O2S. The standard InChI is InChI=1S/C20H30N2O2S.2ClH/c1-3-13-22-15-16-9-11-20(22,12-10-16)19(21)17-5-7-18(8-6-17)25(23,24)14-4-2;;/h3,5-8,16,19H,1,4,9-15,21H2,2H3;2*1H. The molecule has 1 aromatic carbocycles. The number of fused-ring (bicyclic) bond motifs is 3. The van der Waals surface area contributed by atoms with Crippen LogP contribution in [0.3, 0.4) is 0 Å². The average molecular weight is 435 g/mol. The van der Waals surface area contributed by atoms with Gasteiger partial charge in [-0.2, -0.15) is 0 Å². The summed E-state index contributed by atoms with van der Waals surface area (Å²) in [6.07, 6.45) is 7.31. The molecule has 4 nitrogen and oxygen atoms in total. The number of hydrogen-bond donors (Lipinski definition) is 1. The maximum Gasteiger partial charge on any atom is 0.178 e. The van der Waals surface area contributed by atoms with Gasteiger partial charge in [-0.25, -0.2) is 8.42 Å². The van der Waals surface area contributed by atoms with Crippen LogP contribution in [0.5, 0.6) is 0 Å². The van der Waals surface area contributed by atoms with Gasteiger partial charge < -0.3 is 5.73 Å². The van der Waals surface area contributed by atoms with E-state index in [0.717, 1.165) is 37.4 Å². The SMILES string of the molecule is C=CCN1CC2CCC1(C(N)c1ccc(S(=O)(=O)CCC)cc1)CC2.Cl.Cl. The summed E-state index contributed by atoms with van der Waals surface area (Å²) in [5.74, 6) is 0.979. The van der Waals surface area contributed by atoms with Gasteiger partial charge in [0, 0.05) is 24.7 Å². The summed E-state index contributed by atoms with van der Waals surface area (Å²) < 4.78 is 24.5. The first-order chi connectivity index (χ1) is 11.9. The monoisotopic (exact) mass is 434 g/mol. The predicted molar refractivity (Wildman–Crippen MR) is 117 cm³/mol. The largest absolute Gasteiger partial charge is 0.322 e. The second-order valence-corrected chi connectivity index (χ2v) is 9.72. The van der Waals surface area contributed by atoms with Crippen molar-refractivity contribution in [2.75, 3.05) is 18.8 Å². The molecule has 1 unspecified atom stereocenters. The van der Waals surface area contributed by atoms with E-state index < -0.39 is 9.84 Å². The van der Waals surface area contributed by atoms with Crippen LogP contribution < -0.4 is 5.73 Å². The number of benzene rings is 1. The molecule has 7 heteroatoms. The number of rotatable bonds is 7. The van der Waals surface area contributed by atoms with Crippen molar-refractivity contribution in [3.63, 3.8) is 0 Å². The second-order valence-electron chi connectivity index (χ2n) is 7.61. The minimum Gasteiger partial charge on any atom is -0.322 e. The van der Waals surface area contributed by atoms with Gasteiger partial charge in [-0.15, -0.1) is 31.4 Å². The highest BCUT2D eigenvalue weighted by Gasteiger charge is 2.49. The number of piperidine rings is 2. The Morgan fingerprint density at radius 1 is 1.26 bits per heavy atom. The zero-order chi connectivity index (χ0) is 18.1. The van der Waals surface area contributed by atoms with Crippen LogP contribution in [-0.2, 0) is 9.84 Å². The average Bonchev–Trinajstić information content (AvgIpc) is 2.62. The zero-order valence-electron chi connectivity index (χ0n) is 16.0. The van der Waals surface area contributed by atoms with Gasteiger partial charge in [0.2, 0.25) is 0 Å². The lowest BCUT2D eigenvalue weighted by Gasteiger charge is -2.57. The fraction of sp³-hybridized carbons (Fsp3) is 0.600. The molecular weight excluding hydrogens is 403 g/mol. The third-order valence-corrected chi connectivity index (χ3v) is 8.02. The highest BCUT2D eigenvalue weighted by atomic mass is 35.5. The third kappa shape index (κ3) is 4.70. The molecule has 1 aromatic rings. The molecule has 0 amide bonds. The lowest BCUT2D eigenvalue weighted by molar-refractivity contribution is -0.0440. The summed E-state index contributed by atoms with van der Waals surface area (Å²) in [5.41, 5.74) is 7.76. The summed E-state index contributed by atoms with van der Waals surface area (Å²) in [7, 11) is -3.17. The summed E-state index contributed by atoms with van der Waals surface area (Å²) in [5, 5.41) is 0. The molecule has 2 heterocycles. The van der Waals surface area contributed by atoms with E-state index in [0.29, 0.717) is 11.3 Å². The molecule has 2 N–H and O–H groups in total. The Bertz CT molecular complexity index is 714. The van der Waals surface area contributed by atoms with Crippen LogP contribution in [0.4, 0.5) is 0 Å². The van der Waals surface area contributed by atoms with E-state index in [4.69, 9.17) is 5.73 Å². The Morgan fingerprint density at radius 3 is 2.37 bits per heavy atom. The van der Waals surface area contributed by atoms with Gasteiger partial charge in [-0.05, 0) is 55.7 Å². The van der Waals surface area contributed by atoms with Crippen LogP contribution in [0.15, 0.2) is 41.8 Å². The van der Waals surface area contributed by atoms with E-state index in [1.165, 1.54) is 12.8 Å². The topological polar surface area (TPSA) is 63.4 Å². The normalized spacial score (nSPS) is 25.9. The molecule has 0 spiro atoms. The fourth-order valence-corrected chi connectivity index (χ4v) is 5.99. The Morgan fingerprint density at radius 2 is 1.85 bits per heavy atom. The van der Waals surface area contributed by atoms with E-state index >= 15 is 0 Å². The zero-order valence-corrected chi connectivity index (χ0v) is 18.4. The third-order valence-electron chi connectivity index (χ3n) is 6.08. The van der Waals surface area contributed by atoms with E-state index in [1.807, 2.05) is 25.1 Å². The van der Waals surface area contributed by atoms with Gasteiger partial charge >= 0.3 is 0 Å². The molecule has 2 saturated heterocycles. The van der Waals surface area contributed by atoms with Crippen molar-refractivity contribution in [2.24, 2.45) is 11.7 Å². The van der Waals surface area contributed by atoms with E-state index in [1.54, 1.807) is 12.1 Å². The second kappa shape index (κ2) is 9.75. The van der Waals surface area contributed by atoms with Crippen LogP contribution in [0, 0.1) is 5.92 Å². The van der Waals surface area contributed by atoms with Gasteiger partial charge in [0.05, 0.1) is 10.6 Å². The van der Waals surface area contributed by atoms with Crippen LogP contribution in [0.2, 0.25) is 0 Å². The highest BCUT2D eigenvalue weighted by Crippen LogP contribution is 2.48. The minimum atomic E-state index is -3.17. The number of sulfone groups is 1. The number of nitrogens with two attached hydrogens (primary N) is 1. The molecule has 2 aliphatic heterocycles. The molecule has 0 aromatic heterocycles. The van der Waals surface area contributed by atoms with Crippen molar-refractivity contribution in [3.8, 4) is 0 Å². The molecule has 3 aliphatic rings. The van der Waals surface area contributed by atoms with E-state index in [2.05, 4.69) is 11.5 Å². The summed E-state index contributed by atoms with van der Waals surface area (Å²) in [6, 6.07) is 7.17. The maximum atomic E-state index is 12.2. The molecule has 3 fully saturated rings. The van der Waals surface area contributed by atoms with E-state index in [9.17, 15) is 8.42 Å². The summed E-state index contributed by atoms with van der Waals surface area (Å²) >= 11 is 0. The number of hydrogen-bond acceptors (Lipinski definition) is 4. The summed E-state index contributed by atoms with van der Waals surface area (Å²) in [6.45, 7) is 7.76. The van der Waals surface area contributed by atoms with Gasteiger partial charge in [-0.3, -0.25) is 4.90 Å². The first-order valence-corrected chi connectivity index (χ1v) is 11.0. The Hall–Kier alpha value is -0.590. The molecule has 0 radical (unpaired) electrons. The maximum absolute atomic E-state index is 12.2. The van der Waals surface area contributed by atoms with Crippen molar-refractivity contribution in [2.45, 2.75) is 55.5 Å². The predicted octanol–water partition coefficient (Wildman–Crippen LogP) is 4.14. The van der Waals surface area contributed by atoms with Gasteiger partial charge in [0.1, 0.15) is 0 Å². The molecule has 1 atom stereocenters. The molecule has 1 aliphatic carbocycles. The Kier molecular flexibility index (Phi) is 8.83. The first-order valence-electron chi connectivity index (χ1n) is 9.37. The lowest BCUT2D eigenvalue weighted by atomic mass is 9.66. The van der Waals surface area contributed by atoms with Gasteiger partial charge in [0.25, 0.3) is 0 Å². The molecule has 2 bridgehead atoms. The van der Waals surface area contributed by atoms with Crippen molar-refractivity contribution >= 4 is 34.7 Å². The van der Waals surface area contributed by atoms with Crippen LogP contribution in [0.1, 0.15) is 50.6 Å². The molecule has 1 saturated carbocycles. The minimum absolute atomic E-state index is 0. The molecule has 154 valence electrons. The van der Waals surface area contributed by atoms with Gasteiger partial charge in [-0.1, -0.05) is 25.1 Å². The highest BCUT2D eigenvalue weighted by molar-refractivity contribution is 7.91. The van der Waals surface area contributed by atoms with Crippen molar-refractivity contribution in [1.82, 2.24) is 4.90 Å². The van der Waals surface area contributed by atoms with Crippen LogP contribution in [0.25, 0.3) is 0 Å². The number of halogens is 2. The Labute approximate surface area is 176 Å². The van der Waals surface area contributed by atoms with Crippen LogP contribution in [-0.4, -0.2) is 37.7 Å². The number of nitrogens with zero attached hydrogens (tertiary/aromatic N) is 1. The van der Waals surface area contributed by atoms with Crippen molar-refractivity contribution in [1.29, 1.82) is 0 Å². The van der Waals surface area contributed by atoms with E-state index in [-0.39, 0.29) is 42.1 Å². The molecule has 27 heavy (non-hydrogen) atoms.